The molecule has 2 aromatic carbocycles. The van der Waals surface area contributed by atoms with E-state index in [9.17, 15) is 13.6 Å². The van der Waals surface area contributed by atoms with E-state index in [0.29, 0.717) is 18.0 Å². The number of carbonyl (C=O) groups is 1. The van der Waals surface area contributed by atoms with Gasteiger partial charge < -0.3 is 14.6 Å². The first-order valence-electron chi connectivity index (χ1n) is 11.9. The van der Waals surface area contributed by atoms with E-state index in [0.717, 1.165) is 19.3 Å². The molecule has 4 rings (SSSR count). The number of aromatic nitrogens is 2. The van der Waals surface area contributed by atoms with E-state index in [2.05, 4.69) is 34.6 Å². The summed E-state index contributed by atoms with van der Waals surface area (Å²) in [6.45, 7) is 2.30. The maximum Gasteiger partial charge on any atom is 0.263 e. The minimum atomic E-state index is -2.20. The molecule has 8 nitrogen and oxygen atoms in total. The van der Waals surface area contributed by atoms with Crippen LogP contribution in [0.2, 0.25) is 0 Å². The van der Waals surface area contributed by atoms with E-state index < -0.39 is 11.3 Å². The molecule has 0 aliphatic heterocycles. The molecule has 35 heavy (non-hydrogen) atoms. The lowest BCUT2D eigenvalue weighted by Gasteiger charge is -2.35. The lowest BCUT2D eigenvalue weighted by molar-refractivity contribution is -0.121. The zero-order valence-corrected chi connectivity index (χ0v) is 20.9. The van der Waals surface area contributed by atoms with Crippen LogP contribution in [0.1, 0.15) is 42.4 Å². The summed E-state index contributed by atoms with van der Waals surface area (Å²) < 4.78 is 30.5. The number of carbonyl (C=O) groups excluding carboxylic acids is 1. The second kappa shape index (κ2) is 11.5. The maximum atomic E-state index is 12.2. The zero-order valence-electron chi connectivity index (χ0n) is 20.1. The third-order valence-electron chi connectivity index (χ3n) is 6.39. The number of hydrogen-bond acceptors (Lipinski definition) is 4. The summed E-state index contributed by atoms with van der Waals surface area (Å²) in [4.78, 5) is 16.4. The maximum absolute atomic E-state index is 12.2. The molecule has 0 spiro atoms. The molecule has 3 aromatic rings. The molecule has 1 aliphatic rings. The number of imidazole rings is 1. The van der Waals surface area contributed by atoms with Gasteiger partial charge in [0.15, 0.2) is 5.82 Å². The third-order valence-corrected chi connectivity index (χ3v) is 7.14. The molecule has 186 valence electrons. The SMILES string of the molecule is CCC(=O)NC1CCc2ccc(OCCN(c3cn(C)cn3)S(=O)O)cc2C1Cc1ccccc1. The summed E-state index contributed by atoms with van der Waals surface area (Å²) in [7, 11) is 1.81. The first-order valence-corrected chi connectivity index (χ1v) is 13.0. The molecule has 1 amide bonds. The van der Waals surface area contributed by atoms with Crippen LogP contribution in [-0.2, 0) is 36.0 Å². The van der Waals surface area contributed by atoms with Crippen LogP contribution in [0, 0.1) is 0 Å². The topological polar surface area (TPSA) is 96.7 Å². The highest BCUT2D eigenvalue weighted by Gasteiger charge is 2.31. The van der Waals surface area contributed by atoms with Gasteiger partial charge in [0.1, 0.15) is 12.4 Å². The van der Waals surface area contributed by atoms with E-state index in [4.69, 9.17) is 4.74 Å². The smallest absolute Gasteiger partial charge is 0.263 e. The second-order valence-corrected chi connectivity index (χ2v) is 9.70. The van der Waals surface area contributed by atoms with Crippen molar-refractivity contribution in [3.8, 4) is 5.75 Å². The molecule has 1 aromatic heterocycles. The summed E-state index contributed by atoms with van der Waals surface area (Å²) in [5, 5.41) is 3.23. The van der Waals surface area contributed by atoms with E-state index in [1.165, 1.54) is 21.0 Å². The number of nitrogens with one attached hydrogen (secondary N) is 1. The van der Waals surface area contributed by atoms with Crippen molar-refractivity contribution in [2.45, 2.75) is 44.6 Å². The van der Waals surface area contributed by atoms with Crippen molar-refractivity contribution in [1.82, 2.24) is 14.9 Å². The fraction of sp³-hybridized carbons (Fsp3) is 0.385. The van der Waals surface area contributed by atoms with Crippen LogP contribution in [0.4, 0.5) is 5.82 Å². The number of fused-ring (bicyclic) bond motifs is 1. The van der Waals surface area contributed by atoms with Crippen molar-refractivity contribution in [3.05, 3.63) is 77.7 Å². The van der Waals surface area contributed by atoms with Gasteiger partial charge in [-0.05, 0) is 48.1 Å². The molecule has 3 atom stereocenters. The van der Waals surface area contributed by atoms with Crippen molar-refractivity contribution < 1.29 is 18.3 Å². The van der Waals surface area contributed by atoms with Gasteiger partial charge in [-0.2, -0.15) is 0 Å². The monoisotopic (exact) mass is 496 g/mol. The van der Waals surface area contributed by atoms with Gasteiger partial charge in [-0.15, -0.1) is 0 Å². The van der Waals surface area contributed by atoms with Crippen LogP contribution in [-0.4, -0.2) is 43.4 Å². The number of rotatable bonds is 10. The van der Waals surface area contributed by atoms with Crippen molar-refractivity contribution in [1.29, 1.82) is 0 Å². The fourth-order valence-electron chi connectivity index (χ4n) is 4.61. The van der Waals surface area contributed by atoms with Gasteiger partial charge in [0.25, 0.3) is 11.3 Å². The summed E-state index contributed by atoms with van der Waals surface area (Å²) in [5.74, 6) is 1.32. The molecule has 0 saturated heterocycles. The summed E-state index contributed by atoms with van der Waals surface area (Å²) >= 11 is -2.20. The Morgan fingerprint density at radius 3 is 2.77 bits per heavy atom. The second-order valence-electron chi connectivity index (χ2n) is 8.80. The zero-order chi connectivity index (χ0) is 24.8. The molecule has 0 fully saturated rings. The van der Waals surface area contributed by atoms with Gasteiger partial charge in [0, 0.05) is 31.6 Å². The quantitative estimate of drug-likeness (QED) is 0.418. The van der Waals surface area contributed by atoms with Crippen molar-refractivity contribution in [2.75, 3.05) is 17.5 Å². The minimum Gasteiger partial charge on any atom is -0.492 e. The minimum absolute atomic E-state index is 0.0573. The predicted molar refractivity (Wildman–Crippen MR) is 137 cm³/mol. The highest BCUT2D eigenvalue weighted by atomic mass is 32.2. The number of anilines is 1. The Kier molecular flexibility index (Phi) is 8.20. The molecular formula is C26H32N4O4S. The van der Waals surface area contributed by atoms with Crippen LogP contribution in [0.5, 0.6) is 5.75 Å². The van der Waals surface area contributed by atoms with E-state index in [-0.39, 0.29) is 31.0 Å². The number of nitrogens with zero attached hydrogens (tertiary/aromatic N) is 3. The third kappa shape index (κ3) is 6.29. The molecule has 0 saturated carbocycles. The Bertz CT molecular complexity index is 1170. The number of hydrogen-bond donors (Lipinski definition) is 2. The fourth-order valence-corrected chi connectivity index (χ4v) is 5.10. The van der Waals surface area contributed by atoms with Gasteiger partial charge >= 0.3 is 0 Å². The molecule has 1 aliphatic carbocycles. The molecule has 0 bridgehead atoms. The average molecular weight is 497 g/mol. The number of aryl methyl sites for hydroxylation is 2. The van der Waals surface area contributed by atoms with Crippen molar-refractivity contribution >= 4 is 23.0 Å². The Balaban J connectivity index is 1.51. The van der Waals surface area contributed by atoms with Gasteiger partial charge in [-0.25, -0.2) is 13.5 Å². The van der Waals surface area contributed by atoms with Crippen molar-refractivity contribution in [2.24, 2.45) is 7.05 Å². The predicted octanol–water partition coefficient (Wildman–Crippen LogP) is 3.61. The molecule has 1 heterocycles. The van der Waals surface area contributed by atoms with Crippen molar-refractivity contribution in [3.63, 3.8) is 0 Å². The van der Waals surface area contributed by atoms with Crippen LogP contribution < -0.4 is 14.4 Å². The van der Waals surface area contributed by atoms with Crippen LogP contribution in [0.15, 0.2) is 61.1 Å². The van der Waals surface area contributed by atoms with Gasteiger partial charge in [0.2, 0.25) is 5.91 Å². The summed E-state index contributed by atoms with van der Waals surface area (Å²) in [6.07, 6.45) is 6.35. The molecule has 0 radical (unpaired) electrons. The number of ether oxygens (including phenoxy) is 1. The van der Waals surface area contributed by atoms with Crippen LogP contribution >= 0.6 is 0 Å². The number of benzene rings is 2. The Labute approximate surface area is 208 Å². The first kappa shape index (κ1) is 24.9. The van der Waals surface area contributed by atoms with Gasteiger partial charge in [0.05, 0.1) is 12.9 Å². The van der Waals surface area contributed by atoms with E-state index in [1.807, 2.05) is 31.2 Å². The summed E-state index contributed by atoms with van der Waals surface area (Å²) in [6, 6.07) is 16.5. The highest BCUT2D eigenvalue weighted by Crippen LogP contribution is 2.37. The normalized spacial score (nSPS) is 17.9. The average Bonchev–Trinajstić information content (AvgIpc) is 3.29. The molecule has 3 unspecified atom stereocenters. The Morgan fingerprint density at radius 2 is 2.09 bits per heavy atom. The standard InChI is InChI=1S/C26H32N4O4S/c1-3-26(31)28-24-12-10-20-9-11-21(16-22(20)23(24)15-19-7-5-4-6-8-19)34-14-13-30(35(32)33)25-17-29(2)18-27-25/h4-9,11,16-18,23-24H,3,10,12-15H2,1-2H3,(H,28,31)(H,32,33). The molecule has 9 heteroatoms. The van der Waals surface area contributed by atoms with E-state index >= 15 is 0 Å². The Morgan fingerprint density at radius 1 is 1.29 bits per heavy atom. The largest absolute Gasteiger partial charge is 0.492 e. The van der Waals surface area contributed by atoms with Crippen LogP contribution in [0.25, 0.3) is 0 Å². The van der Waals surface area contributed by atoms with Crippen LogP contribution in [0.3, 0.4) is 0 Å². The lowest BCUT2D eigenvalue weighted by Crippen LogP contribution is -2.42. The summed E-state index contributed by atoms with van der Waals surface area (Å²) in [5.41, 5.74) is 3.68. The molecule has 2 N–H and O–H groups in total. The van der Waals surface area contributed by atoms with Gasteiger partial charge in [-0.1, -0.05) is 43.3 Å². The van der Waals surface area contributed by atoms with Gasteiger partial charge in [-0.3, -0.25) is 9.35 Å². The van der Waals surface area contributed by atoms with E-state index in [1.54, 1.807) is 24.1 Å². The molecular weight excluding hydrogens is 464 g/mol. The Hall–Kier alpha value is -3.17. The first-order chi connectivity index (χ1) is 16.9. The number of amides is 1. The lowest BCUT2D eigenvalue weighted by atomic mass is 9.76. The highest BCUT2D eigenvalue weighted by molar-refractivity contribution is 7.80.